The van der Waals surface area contributed by atoms with Crippen molar-refractivity contribution in [3.05, 3.63) is 0 Å². The number of nitrogens with zero attached hydrogens (tertiary/aromatic N) is 1. The van der Waals surface area contributed by atoms with Gasteiger partial charge in [-0.3, -0.25) is 0 Å². The molecule has 21 heavy (non-hydrogen) atoms. The summed E-state index contributed by atoms with van der Waals surface area (Å²) in [6.45, 7) is 6.98. The third-order valence-electron chi connectivity index (χ3n) is 2.79. The summed E-state index contributed by atoms with van der Waals surface area (Å²) in [5.74, 6) is 0. The summed E-state index contributed by atoms with van der Waals surface area (Å²) in [4.78, 5) is 2.35. The molecule has 0 saturated carbocycles. The predicted molar refractivity (Wildman–Crippen MR) is 82.6 cm³/mol. The molecule has 0 saturated heterocycles. The first-order chi connectivity index (χ1) is 10.0. The zero-order valence-corrected chi connectivity index (χ0v) is 13.3. The lowest BCUT2D eigenvalue weighted by molar-refractivity contribution is 0.0287. The lowest BCUT2D eigenvalue weighted by Gasteiger charge is -2.20. The van der Waals surface area contributed by atoms with Crippen LogP contribution < -0.4 is 0 Å². The first-order valence-electron chi connectivity index (χ1n) is 7.62. The summed E-state index contributed by atoms with van der Waals surface area (Å²) in [5.41, 5.74) is 0. The molecule has 0 aliphatic heterocycles. The minimum atomic E-state index is -1.94. The predicted octanol–water partition coefficient (Wildman–Crippen LogP) is -0.793. The zero-order chi connectivity index (χ0) is 16.5. The number of hydrogen-bond donors (Lipinski definition) is 5. The average molecular weight is 309 g/mol. The lowest BCUT2D eigenvalue weighted by atomic mass is 10.2. The van der Waals surface area contributed by atoms with E-state index in [2.05, 4.69) is 23.4 Å². The Morgan fingerprint density at radius 2 is 1.38 bits per heavy atom. The van der Waals surface area contributed by atoms with Crippen molar-refractivity contribution in [3.63, 3.8) is 0 Å². The van der Waals surface area contributed by atoms with Crippen LogP contribution in [0, 0.1) is 0 Å². The molecule has 0 fully saturated rings. The highest BCUT2D eigenvalue weighted by atomic mass is 16.6. The fourth-order valence-corrected chi connectivity index (χ4v) is 1.56. The Hall–Kier alpha value is -0.215. The van der Waals surface area contributed by atoms with Gasteiger partial charge in [0.15, 0.2) is 0 Å². The van der Waals surface area contributed by atoms with E-state index in [0.29, 0.717) is 6.61 Å². The van der Waals surface area contributed by atoms with E-state index < -0.39 is 26.6 Å². The zero-order valence-electron chi connectivity index (χ0n) is 13.3. The minimum absolute atomic E-state index is 0.299. The molecule has 5 N–H and O–H groups in total. The molecule has 0 radical (unpaired) electrons. The number of rotatable bonds is 12. The second kappa shape index (κ2) is 17.8. The van der Waals surface area contributed by atoms with Crippen molar-refractivity contribution < 1.29 is 30.0 Å². The summed E-state index contributed by atoms with van der Waals surface area (Å²) in [6, 6.07) is 0. The third-order valence-corrected chi connectivity index (χ3v) is 2.79. The maximum atomic E-state index is 8.79. The quantitative estimate of drug-likeness (QED) is 0.300. The molecule has 0 aromatic heterocycles. The summed E-state index contributed by atoms with van der Waals surface area (Å²) in [7, 11) is -1.94. The average Bonchev–Trinajstić information content (AvgIpc) is 2.48. The van der Waals surface area contributed by atoms with Crippen molar-refractivity contribution in [2.75, 3.05) is 39.5 Å². The SMILES string of the molecule is CCCCN(CCO)CCCC.OCC(CO)OB(O)O. The van der Waals surface area contributed by atoms with Gasteiger partial charge in [-0.05, 0) is 25.9 Å². The molecule has 0 amide bonds. The Kier molecular flexibility index (Phi) is 19.6. The van der Waals surface area contributed by atoms with Gasteiger partial charge in [-0.2, -0.15) is 0 Å². The fraction of sp³-hybridized carbons (Fsp3) is 1.00. The second-order valence-electron chi connectivity index (χ2n) is 4.72. The van der Waals surface area contributed by atoms with Crippen molar-refractivity contribution in [1.29, 1.82) is 0 Å². The van der Waals surface area contributed by atoms with Gasteiger partial charge >= 0.3 is 7.32 Å². The van der Waals surface area contributed by atoms with Gasteiger partial charge in [-0.15, -0.1) is 0 Å². The maximum absolute atomic E-state index is 8.79. The van der Waals surface area contributed by atoms with Crippen LogP contribution in [-0.4, -0.2) is 83.1 Å². The Bertz CT molecular complexity index is 188. The molecule has 0 heterocycles. The van der Waals surface area contributed by atoms with Gasteiger partial charge in [-0.1, -0.05) is 26.7 Å². The molecular formula is C13H32BNO6. The fourth-order valence-electron chi connectivity index (χ4n) is 1.56. The molecule has 8 heteroatoms. The summed E-state index contributed by atoms with van der Waals surface area (Å²) >= 11 is 0. The van der Waals surface area contributed by atoms with Crippen LogP contribution in [0.25, 0.3) is 0 Å². The first-order valence-corrected chi connectivity index (χ1v) is 7.62. The molecular weight excluding hydrogens is 277 g/mol. The highest BCUT2D eigenvalue weighted by molar-refractivity contribution is 6.32. The van der Waals surface area contributed by atoms with Gasteiger partial charge < -0.3 is 34.9 Å². The minimum Gasteiger partial charge on any atom is -0.402 e. The summed E-state index contributed by atoms with van der Waals surface area (Å²) < 4.78 is 4.16. The van der Waals surface area contributed by atoms with E-state index >= 15 is 0 Å². The summed E-state index contributed by atoms with van der Waals surface area (Å²) in [6.07, 6.45) is 4.08. The Morgan fingerprint density at radius 3 is 1.62 bits per heavy atom. The maximum Gasteiger partial charge on any atom is 0.634 e. The van der Waals surface area contributed by atoms with Crippen molar-refractivity contribution in [1.82, 2.24) is 4.90 Å². The molecule has 0 rings (SSSR count). The molecule has 128 valence electrons. The number of aliphatic hydroxyl groups excluding tert-OH is 3. The van der Waals surface area contributed by atoms with E-state index in [-0.39, 0.29) is 0 Å². The van der Waals surface area contributed by atoms with Gasteiger partial charge in [0.2, 0.25) is 0 Å². The van der Waals surface area contributed by atoms with Crippen molar-refractivity contribution >= 4 is 7.32 Å². The van der Waals surface area contributed by atoms with E-state index in [1.165, 1.54) is 25.7 Å². The lowest BCUT2D eigenvalue weighted by Crippen LogP contribution is -2.31. The number of unbranched alkanes of at least 4 members (excludes halogenated alkanes) is 2. The number of hydrogen-bond acceptors (Lipinski definition) is 7. The number of aliphatic hydroxyl groups is 3. The van der Waals surface area contributed by atoms with Crippen LogP contribution in [0.4, 0.5) is 0 Å². The van der Waals surface area contributed by atoms with Gasteiger partial charge in [0, 0.05) is 6.54 Å². The van der Waals surface area contributed by atoms with Crippen LogP contribution in [0.15, 0.2) is 0 Å². The van der Waals surface area contributed by atoms with E-state index in [1.54, 1.807) is 0 Å². The van der Waals surface area contributed by atoms with E-state index in [1.807, 2.05) is 0 Å². The molecule has 0 aromatic rings. The van der Waals surface area contributed by atoms with Crippen LogP contribution in [-0.2, 0) is 4.65 Å². The Balaban J connectivity index is 0. The topological polar surface area (TPSA) is 114 Å². The second-order valence-corrected chi connectivity index (χ2v) is 4.72. The molecule has 7 nitrogen and oxygen atoms in total. The van der Waals surface area contributed by atoms with Crippen molar-refractivity contribution in [3.8, 4) is 0 Å². The van der Waals surface area contributed by atoms with E-state index in [0.717, 1.165) is 19.6 Å². The van der Waals surface area contributed by atoms with Crippen LogP contribution in [0.1, 0.15) is 39.5 Å². The standard InChI is InChI=1S/C10H23NO.C3H9BO5/c1-3-5-7-11(9-10-12)8-6-4-2;5-1-3(2-6)9-4(7)8/h12H,3-10H2,1-2H3;3,5-8H,1-2H2. The summed E-state index contributed by atoms with van der Waals surface area (Å²) in [5, 5.41) is 41.5. The highest BCUT2D eigenvalue weighted by Crippen LogP contribution is 1.97. The van der Waals surface area contributed by atoms with Gasteiger partial charge in [0.1, 0.15) is 0 Å². The normalized spacial score (nSPS) is 10.7. The van der Waals surface area contributed by atoms with E-state index in [9.17, 15) is 0 Å². The third kappa shape index (κ3) is 17.7. The molecule has 0 aromatic carbocycles. The van der Waals surface area contributed by atoms with Crippen LogP contribution in [0.3, 0.4) is 0 Å². The van der Waals surface area contributed by atoms with Crippen molar-refractivity contribution in [2.45, 2.75) is 45.6 Å². The first kappa shape index (κ1) is 23.1. The Morgan fingerprint density at radius 1 is 0.905 bits per heavy atom. The molecule has 0 aliphatic rings. The molecule has 0 spiro atoms. The molecule has 0 bridgehead atoms. The van der Waals surface area contributed by atoms with Crippen LogP contribution >= 0.6 is 0 Å². The van der Waals surface area contributed by atoms with Crippen LogP contribution in [0.5, 0.6) is 0 Å². The van der Waals surface area contributed by atoms with Gasteiger partial charge in [0.25, 0.3) is 0 Å². The van der Waals surface area contributed by atoms with Crippen molar-refractivity contribution in [2.24, 2.45) is 0 Å². The molecule has 0 atom stereocenters. The van der Waals surface area contributed by atoms with Gasteiger partial charge in [0.05, 0.1) is 25.9 Å². The van der Waals surface area contributed by atoms with Crippen LogP contribution in [0.2, 0.25) is 0 Å². The molecule has 0 aliphatic carbocycles. The highest BCUT2D eigenvalue weighted by Gasteiger charge is 2.15. The smallest absolute Gasteiger partial charge is 0.402 e. The Labute approximate surface area is 128 Å². The monoisotopic (exact) mass is 309 g/mol. The molecule has 0 unspecified atom stereocenters. The largest absolute Gasteiger partial charge is 0.634 e. The van der Waals surface area contributed by atoms with E-state index in [4.69, 9.17) is 25.4 Å². The van der Waals surface area contributed by atoms with Gasteiger partial charge in [-0.25, -0.2) is 0 Å².